The van der Waals surface area contributed by atoms with Crippen LogP contribution in [0.15, 0.2) is 47.4 Å². The minimum Gasteiger partial charge on any atom is -0.345 e. The zero-order valence-corrected chi connectivity index (χ0v) is 20.4. The van der Waals surface area contributed by atoms with Crippen LogP contribution in [0, 0.1) is 6.92 Å². The fraction of sp³-hybridized carbons (Fsp3) is 0.391. The number of anilines is 1. The standard InChI is InChI=1S/C23H28N4O3S2/c1-16(2)25(4)32(29,30)19-8-6-18(7-9-19)22(28)26-11-13-27(14-12-26)23-24-20-10-5-17(3)15-21(20)31-23/h5-10,15-16H,11-14H2,1-4H3. The van der Waals surface area contributed by atoms with Gasteiger partial charge in [-0.25, -0.2) is 13.4 Å². The van der Waals surface area contributed by atoms with Crippen molar-refractivity contribution < 1.29 is 13.2 Å². The molecule has 1 amide bonds. The number of piperazine rings is 1. The lowest BCUT2D eigenvalue weighted by Crippen LogP contribution is -2.48. The second kappa shape index (κ2) is 8.80. The molecule has 0 atom stereocenters. The molecule has 32 heavy (non-hydrogen) atoms. The summed E-state index contributed by atoms with van der Waals surface area (Å²) in [6, 6.07) is 12.4. The van der Waals surface area contributed by atoms with E-state index >= 15 is 0 Å². The number of hydrogen-bond donors (Lipinski definition) is 0. The molecule has 0 unspecified atom stereocenters. The first kappa shape index (κ1) is 22.7. The van der Waals surface area contributed by atoms with Crippen molar-refractivity contribution in [2.24, 2.45) is 0 Å². The van der Waals surface area contributed by atoms with Gasteiger partial charge in [-0.2, -0.15) is 4.31 Å². The van der Waals surface area contributed by atoms with Gasteiger partial charge in [0, 0.05) is 44.8 Å². The number of aryl methyl sites for hydroxylation is 1. The smallest absolute Gasteiger partial charge is 0.253 e. The number of nitrogens with zero attached hydrogens (tertiary/aromatic N) is 4. The maximum Gasteiger partial charge on any atom is 0.253 e. The fourth-order valence-corrected chi connectivity index (χ4v) is 6.13. The highest BCUT2D eigenvalue weighted by atomic mass is 32.2. The van der Waals surface area contributed by atoms with Gasteiger partial charge >= 0.3 is 0 Å². The van der Waals surface area contributed by atoms with Crippen molar-refractivity contribution in [3.05, 3.63) is 53.6 Å². The van der Waals surface area contributed by atoms with E-state index in [1.807, 2.05) is 24.8 Å². The third-order valence-electron chi connectivity index (χ3n) is 5.88. The van der Waals surface area contributed by atoms with E-state index < -0.39 is 10.0 Å². The molecule has 0 aliphatic carbocycles. The molecule has 7 nitrogen and oxygen atoms in total. The second-order valence-electron chi connectivity index (χ2n) is 8.39. The van der Waals surface area contributed by atoms with Gasteiger partial charge in [0.15, 0.2) is 5.13 Å². The van der Waals surface area contributed by atoms with Crippen LogP contribution in [0.4, 0.5) is 5.13 Å². The van der Waals surface area contributed by atoms with E-state index in [4.69, 9.17) is 4.98 Å². The molecule has 2 heterocycles. The van der Waals surface area contributed by atoms with Gasteiger partial charge in [-0.05, 0) is 62.7 Å². The van der Waals surface area contributed by atoms with Crippen molar-refractivity contribution in [1.82, 2.24) is 14.2 Å². The molecule has 1 aliphatic heterocycles. The number of fused-ring (bicyclic) bond motifs is 1. The Morgan fingerprint density at radius 2 is 1.72 bits per heavy atom. The maximum atomic E-state index is 13.0. The van der Waals surface area contributed by atoms with Crippen LogP contribution in [0.25, 0.3) is 10.2 Å². The summed E-state index contributed by atoms with van der Waals surface area (Å²) >= 11 is 1.68. The van der Waals surface area contributed by atoms with E-state index in [0.717, 1.165) is 23.7 Å². The Balaban J connectivity index is 1.42. The Bertz CT molecular complexity index is 1230. The zero-order chi connectivity index (χ0) is 23.0. The molecule has 170 valence electrons. The van der Waals surface area contributed by atoms with Crippen LogP contribution < -0.4 is 4.90 Å². The Hall–Kier alpha value is -2.49. The van der Waals surface area contributed by atoms with Crippen molar-refractivity contribution in [3.8, 4) is 0 Å². The number of aromatic nitrogens is 1. The van der Waals surface area contributed by atoms with E-state index in [2.05, 4.69) is 24.0 Å². The largest absolute Gasteiger partial charge is 0.345 e. The minimum atomic E-state index is -3.56. The molecule has 1 saturated heterocycles. The predicted octanol–water partition coefficient (Wildman–Crippen LogP) is 3.60. The van der Waals surface area contributed by atoms with Crippen LogP contribution in [0.3, 0.4) is 0 Å². The lowest BCUT2D eigenvalue weighted by atomic mass is 10.2. The third kappa shape index (κ3) is 4.37. The summed E-state index contributed by atoms with van der Waals surface area (Å²) in [6.45, 7) is 8.36. The monoisotopic (exact) mass is 472 g/mol. The summed E-state index contributed by atoms with van der Waals surface area (Å²) in [5.41, 5.74) is 2.73. The van der Waals surface area contributed by atoms with Crippen molar-refractivity contribution in [1.29, 1.82) is 0 Å². The third-order valence-corrected chi connectivity index (χ3v) is 9.00. The first-order valence-electron chi connectivity index (χ1n) is 10.7. The molecule has 0 bridgehead atoms. The van der Waals surface area contributed by atoms with Crippen LogP contribution in [0.2, 0.25) is 0 Å². The van der Waals surface area contributed by atoms with Crippen LogP contribution in [0.5, 0.6) is 0 Å². The lowest BCUT2D eigenvalue weighted by molar-refractivity contribution is 0.0746. The van der Waals surface area contributed by atoms with Crippen LogP contribution in [-0.4, -0.2) is 67.8 Å². The zero-order valence-electron chi connectivity index (χ0n) is 18.8. The molecule has 0 N–H and O–H groups in total. The minimum absolute atomic E-state index is 0.0780. The van der Waals surface area contributed by atoms with Gasteiger partial charge in [-0.1, -0.05) is 17.4 Å². The Morgan fingerprint density at radius 3 is 2.34 bits per heavy atom. The molecule has 0 saturated carbocycles. The molecule has 1 aliphatic rings. The van der Waals surface area contributed by atoms with Crippen molar-refractivity contribution in [3.63, 3.8) is 0 Å². The van der Waals surface area contributed by atoms with Gasteiger partial charge in [-0.3, -0.25) is 4.79 Å². The number of amides is 1. The summed E-state index contributed by atoms with van der Waals surface area (Å²) in [5, 5.41) is 0.988. The molecular weight excluding hydrogens is 444 g/mol. The summed E-state index contributed by atoms with van der Waals surface area (Å²) < 4.78 is 27.8. The molecule has 4 rings (SSSR count). The molecule has 3 aromatic rings. The number of sulfonamides is 1. The van der Waals surface area contributed by atoms with E-state index in [9.17, 15) is 13.2 Å². The molecular formula is C23H28N4O3S2. The summed E-state index contributed by atoms with van der Waals surface area (Å²) in [7, 11) is -2.00. The molecule has 2 aromatic carbocycles. The molecule has 1 aromatic heterocycles. The number of carbonyl (C=O) groups is 1. The molecule has 9 heteroatoms. The van der Waals surface area contributed by atoms with E-state index in [0.29, 0.717) is 18.7 Å². The molecule has 1 fully saturated rings. The quantitative estimate of drug-likeness (QED) is 0.567. The Kier molecular flexibility index (Phi) is 6.24. The van der Waals surface area contributed by atoms with Gasteiger partial charge in [0.2, 0.25) is 10.0 Å². The number of rotatable bonds is 5. The topological polar surface area (TPSA) is 73.8 Å². The van der Waals surface area contributed by atoms with Gasteiger partial charge in [-0.15, -0.1) is 0 Å². The summed E-state index contributed by atoms with van der Waals surface area (Å²) in [5.74, 6) is -0.0780. The van der Waals surface area contributed by atoms with Gasteiger partial charge in [0.05, 0.1) is 15.1 Å². The van der Waals surface area contributed by atoms with Gasteiger partial charge in [0.1, 0.15) is 0 Å². The highest BCUT2D eigenvalue weighted by Gasteiger charge is 2.26. The summed E-state index contributed by atoms with van der Waals surface area (Å²) in [4.78, 5) is 21.9. The highest BCUT2D eigenvalue weighted by molar-refractivity contribution is 7.89. The van der Waals surface area contributed by atoms with Crippen LogP contribution in [-0.2, 0) is 10.0 Å². The molecule has 0 spiro atoms. The van der Waals surface area contributed by atoms with Crippen LogP contribution in [0.1, 0.15) is 29.8 Å². The van der Waals surface area contributed by atoms with Crippen LogP contribution >= 0.6 is 11.3 Å². The van der Waals surface area contributed by atoms with E-state index in [1.54, 1.807) is 30.5 Å². The SMILES string of the molecule is Cc1ccc2nc(N3CCN(C(=O)c4ccc(S(=O)(=O)N(C)C(C)C)cc4)CC3)sc2c1. The van der Waals surface area contributed by atoms with Crippen molar-refractivity contribution >= 4 is 42.6 Å². The fourth-order valence-electron chi connectivity index (χ4n) is 3.65. The second-order valence-corrected chi connectivity index (χ2v) is 11.4. The number of hydrogen-bond acceptors (Lipinski definition) is 6. The normalized spacial score (nSPS) is 15.2. The van der Waals surface area contributed by atoms with Crippen molar-refractivity contribution in [2.75, 3.05) is 38.1 Å². The van der Waals surface area contributed by atoms with Gasteiger partial charge < -0.3 is 9.80 Å². The number of benzene rings is 2. The average molecular weight is 473 g/mol. The predicted molar refractivity (Wildman–Crippen MR) is 129 cm³/mol. The Morgan fingerprint density at radius 1 is 1.06 bits per heavy atom. The maximum absolute atomic E-state index is 13.0. The first-order chi connectivity index (χ1) is 15.2. The van der Waals surface area contributed by atoms with Gasteiger partial charge in [0.25, 0.3) is 5.91 Å². The van der Waals surface area contributed by atoms with Crippen molar-refractivity contribution in [2.45, 2.75) is 31.7 Å². The average Bonchev–Trinajstić information content (AvgIpc) is 3.21. The first-order valence-corrected chi connectivity index (χ1v) is 12.9. The highest BCUT2D eigenvalue weighted by Crippen LogP contribution is 2.30. The van der Waals surface area contributed by atoms with E-state index in [1.165, 1.54) is 26.7 Å². The number of thiazole rings is 1. The number of carbonyl (C=O) groups excluding carboxylic acids is 1. The Labute approximate surface area is 193 Å². The summed E-state index contributed by atoms with van der Waals surface area (Å²) in [6.07, 6.45) is 0. The molecule has 0 radical (unpaired) electrons. The lowest BCUT2D eigenvalue weighted by Gasteiger charge is -2.34. The van der Waals surface area contributed by atoms with E-state index in [-0.39, 0.29) is 16.8 Å².